The summed E-state index contributed by atoms with van der Waals surface area (Å²) in [4.78, 5) is 19.9. The normalized spacial score (nSPS) is 17.1. The molecule has 1 aromatic heterocycles. The predicted octanol–water partition coefficient (Wildman–Crippen LogP) is 4.30. The number of aryl methyl sites for hydroxylation is 1. The van der Waals surface area contributed by atoms with Gasteiger partial charge in [0.2, 0.25) is 0 Å². The van der Waals surface area contributed by atoms with E-state index in [1.165, 1.54) is 11.1 Å². The molecule has 138 valence electrons. The number of halogens is 1. The van der Waals surface area contributed by atoms with Gasteiger partial charge in [0, 0.05) is 22.6 Å². The molecule has 4 rings (SSSR count). The zero-order chi connectivity index (χ0) is 18.6. The van der Waals surface area contributed by atoms with E-state index in [1.807, 2.05) is 18.2 Å². The van der Waals surface area contributed by atoms with Gasteiger partial charge in [-0.3, -0.25) is 4.79 Å². The van der Waals surface area contributed by atoms with Crippen molar-refractivity contribution in [2.24, 2.45) is 0 Å². The Hall–Kier alpha value is -1.99. The van der Waals surface area contributed by atoms with E-state index in [0.29, 0.717) is 11.4 Å². The van der Waals surface area contributed by atoms with Crippen molar-refractivity contribution >= 4 is 39.1 Å². The summed E-state index contributed by atoms with van der Waals surface area (Å²) in [5, 5.41) is 4.25. The Morgan fingerprint density at radius 1 is 1.11 bits per heavy atom. The summed E-state index contributed by atoms with van der Waals surface area (Å²) < 4.78 is 1.02. The number of hydrogen-bond acceptors (Lipinski definition) is 3. The van der Waals surface area contributed by atoms with Crippen molar-refractivity contribution in [3.05, 3.63) is 79.9 Å². The number of benzene rings is 2. The third-order valence-corrected chi connectivity index (χ3v) is 5.94. The van der Waals surface area contributed by atoms with E-state index in [4.69, 9.17) is 0 Å². The Morgan fingerprint density at radius 2 is 1.96 bits per heavy atom. The molecular weight excluding hydrogens is 449 g/mol. The van der Waals surface area contributed by atoms with Crippen LogP contribution in [0, 0.1) is 3.57 Å². The van der Waals surface area contributed by atoms with Crippen LogP contribution in [-0.2, 0) is 6.42 Å². The number of para-hydroxylation sites is 1. The molecular formula is C22H22IN3O. The van der Waals surface area contributed by atoms with Crippen molar-refractivity contribution < 1.29 is 0 Å². The van der Waals surface area contributed by atoms with Gasteiger partial charge < -0.3 is 10.3 Å². The van der Waals surface area contributed by atoms with Crippen molar-refractivity contribution in [3.8, 4) is 0 Å². The Balaban J connectivity index is 1.39. The minimum atomic E-state index is -0.0430. The highest BCUT2D eigenvalue weighted by Crippen LogP contribution is 2.24. The molecule has 2 N–H and O–H groups in total. The minimum absolute atomic E-state index is 0.0430. The van der Waals surface area contributed by atoms with Gasteiger partial charge in [-0.25, -0.2) is 4.98 Å². The molecule has 3 aromatic rings. The van der Waals surface area contributed by atoms with Gasteiger partial charge in [-0.15, -0.1) is 0 Å². The first-order valence-corrected chi connectivity index (χ1v) is 10.4. The fourth-order valence-corrected chi connectivity index (χ4v) is 4.29. The maximum atomic E-state index is 12.3. The van der Waals surface area contributed by atoms with E-state index in [-0.39, 0.29) is 5.56 Å². The second kappa shape index (κ2) is 8.35. The lowest BCUT2D eigenvalue weighted by Gasteiger charge is -2.24. The van der Waals surface area contributed by atoms with Gasteiger partial charge in [0.05, 0.1) is 10.9 Å². The van der Waals surface area contributed by atoms with Gasteiger partial charge in [-0.05, 0) is 65.1 Å². The van der Waals surface area contributed by atoms with E-state index in [0.717, 1.165) is 47.1 Å². The lowest BCUT2D eigenvalue weighted by Crippen LogP contribution is -2.33. The van der Waals surface area contributed by atoms with Crippen LogP contribution >= 0.6 is 22.6 Å². The number of hydrogen-bond donors (Lipinski definition) is 2. The molecule has 1 aliphatic heterocycles. The van der Waals surface area contributed by atoms with Gasteiger partial charge in [0.25, 0.3) is 5.56 Å². The Bertz CT molecular complexity index is 1030. The summed E-state index contributed by atoms with van der Waals surface area (Å²) in [6, 6.07) is 16.8. The number of H-pyrrole nitrogens is 1. The monoisotopic (exact) mass is 471 g/mol. The number of fused-ring (bicyclic) bond motifs is 1. The van der Waals surface area contributed by atoms with E-state index in [2.05, 4.69) is 74.3 Å². The second-order valence-corrected chi connectivity index (χ2v) is 8.11. The lowest BCUT2D eigenvalue weighted by atomic mass is 9.93. The topological polar surface area (TPSA) is 57.8 Å². The molecule has 2 heterocycles. The molecule has 0 saturated heterocycles. The number of rotatable bonds is 5. The highest BCUT2D eigenvalue weighted by molar-refractivity contribution is 14.1. The first-order valence-electron chi connectivity index (χ1n) is 9.36. The summed E-state index contributed by atoms with van der Waals surface area (Å²) in [5.41, 5.74) is 3.51. The zero-order valence-electron chi connectivity index (χ0n) is 15.0. The first kappa shape index (κ1) is 18.4. The SMILES string of the molecule is O=c1[nH]c(CCCC2CC(c3ccccc3)=CCN2)nc2c(I)cccc12. The number of nitrogens with one attached hydrogen (secondary N) is 2. The van der Waals surface area contributed by atoms with Crippen molar-refractivity contribution in [1.29, 1.82) is 0 Å². The fourth-order valence-electron chi connectivity index (χ4n) is 3.67. The lowest BCUT2D eigenvalue weighted by molar-refractivity contribution is 0.483. The van der Waals surface area contributed by atoms with Crippen molar-refractivity contribution in [2.45, 2.75) is 31.7 Å². The summed E-state index contributed by atoms with van der Waals surface area (Å²) in [7, 11) is 0. The highest BCUT2D eigenvalue weighted by atomic mass is 127. The minimum Gasteiger partial charge on any atom is -0.310 e. The first-order chi connectivity index (χ1) is 13.2. The molecule has 1 atom stereocenters. The van der Waals surface area contributed by atoms with Gasteiger partial charge in [0.15, 0.2) is 0 Å². The second-order valence-electron chi connectivity index (χ2n) is 6.95. The van der Waals surface area contributed by atoms with Gasteiger partial charge in [-0.2, -0.15) is 0 Å². The maximum absolute atomic E-state index is 12.3. The van der Waals surface area contributed by atoms with Crippen molar-refractivity contribution in [1.82, 2.24) is 15.3 Å². The third kappa shape index (κ3) is 4.30. The quantitative estimate of drug-likeness (QED) is 0.546. The Morgan fingerprint density at radius 3 is 2.81 bits per heavy atom. The summed E-state index contributed by atoms with van der Waals surface area (Å²) in [6.07, 6.45) is 6.19. The highest BCUT2D eigenvalue weighted by Gasteiger charge is 2.16. The summed E-state index contributed by atoms with van der Waals surface area (Å²) in [5.74, 6) is 0.784. The van der Waals surface area contributed by atoms with Crippen LogP contribution in [0.1, 0.15) is 30.7 Å². The fraction of sp³-hybridized carbons (Fsp3) is 0.273. The summed E-state index contributed by atoms with van der Waals surface area (Å²) in [6.45, 7) is 0.915. The van der Waals surface area contributed by atoms with Gasteiger partial charge in [-0.1, -0.05) is 42.5 Å². The van der Waals surface area contributed by atoms with E-state index >= 15 is 0 Å². The molecule has 4 nitrogen and oxygen atoms in total. The van der Waals surface area contributed by atoms with Gasteiger partial charge in [0.1, 0.15) is 5.82 Å². The Labute approximate surface area is 172 Å². The van der Waals surface area contributed by atoms with Gasteiger partial charge >= 0.3 is 0 Å². The van der Waals surface area contributed by atoms with Crippen molar-refractivity contribution in [2.75, 3.05) is 6.54 Å². The van der Waals surface area contributed by atoms with Crippen LogP contribution in [0.2, 0.25) is 0 Å². The molecule has 0 aliphatic carbocycles. The molecule has 0 spiro atoms. The molecule has 0 radical (unpaired) electrons. The molecule has 1 unspecified atom stereocenters. The van der Waals surface area contributed by atoms with Crippen molar-refractivity contribution in [3.63, 3.8) is 0 Å². The molecule has 0 saturated carbocycles. The van der Waals surface area contributed by atoms with E-state index < -0.39 is 0 Å². The Kier molecular flexibility index (Phi) is 5.69. The van der Waals surface area contributed by atoms with Crippen LogP contribution in [0.25, 0.3) is 16.5 Å². The van der Waals surface area contributed by atoms with Crippen LogP contribution in [-0.4, -0.2) is 22.6 Å². The molecule has 0 fully saturated rings. The van der Waals surface area contributed by atoms with Crippen LogP contribution in [0.15, 0.2) is 59.4 Å². The smallest absolute Gasteiger partial charge is 0.258 e. The number of aromatic nitrogens is 2. The average Bonchev–Trinajstić information content (AvgIpc) is 2.70. The number of nitrogens with zero attached hydrogens (tertiary/aromatic N) is 1. The maximum Gasteiger partial charge on any atom is 0.258 e. The standard InChI is InChI=1S/C22H22IN3O/c23-19-10-5-9-18-21(19)25-20(26-22(18)27)11-4-8-17-14-16(12-13-24-17)15-6-2-1-3-7-15/h1-3,5-7,9-10,12,17,24H,4,8,11,13-14H2,(H,25,26,27). The molecule has 5 heteroatoms. The van der Waals surface area contributed by atoms with Crippen LogP contribution in [0.4, 0.5) is 0 Å². The summed E-state index contributed by atoms with van der Waals surface area (Å²) >= 11 is 2.24. The van der Waals surface area contributed by atoms with E-state index in [9.17, 15) is 4.79 Å². The molecule has 1 aliphatic rings. The van der Waals surface area contributed by atoms with E-state index in [1.54, 1.807) is 0 Å². The predicted molar refractivity (Wildman–Crippen MR) is 119 cm³/mol. The largest absolute Gasteiger partial charge is 0.310 e. The molecule has 27 heavy (non-hydrogen) atoms. The molecule has 0 amide bonds. The third-order valence-electron chi connectivity index (χ3n) is 5.07. The molecule has 2 aromatic carbocycles. The van der Waals surface area contributed by atoms with Crippen LogP contribution in [0.3, 0.4) is 0 Å². The zero-order valence-corrected chi connectivity index (χ0v) is 17.2. The average molecular weight is 471 g/mol. The van der Waals surface area contributed by atoms with Crippen LogP contribution < -0.4 is 10.9 Å². The van der Waals surface area contributed by atoms with Crippen LogP contribution in [0.5, 0.6) is 0 Å². The number of aromatic amines is 1. The molecule has 0 bridgehead atoms.